The van der Waals surface area contributed by atoms with Crippen molar-refractivity contribution in [2.24, 2.45) is 5.92 Å². The van der Waals surface area contributed by atoms with E-state index in [4.69, 9.17) is 9.47 Å². The predicted octanol–water partition coefficient (Wildman–Crippen LogP) is 2.65. The largest absolute Gasteiger partial charge is 0.493 e. The average Bonchev–Trinajstić information content (AvgIpc) is 3.20. The van der Waals surface area contributed by atoms with Gasteiger partial charge in [0.1, 0.15) is 6.61 Å². The Morgan fingerprint density at radius 1 is 1.27 bits per heavy atom. The van der Waals surface area contributed by atoms with Crippen molar-refractivity contribution in [3.63, 3.8) is 0 Å². The maximum atomic E-state index is 12.9. The van der Waals surface area contributed by atoms with Gasteiger partial charge in [-0.2, -0.15) is 11.3 Å². The molecule has 2 aliphatic heterocycles. The molecule has 0 saturated carbocycles. The van der Waals surface area contributed by atoms with Crippen molar-refractivity contribution in [3.8, 4) is 11.5 Å². The van der Waals surface area contributed by atoms with Gasteiger partial charge < -0.3 is 14.4 Å². The van der Waals surface area contributed by atoms with Crippen LogP contribution >= 0.6 is 11.3 Å². The zero-order valence-corrected chi connectivity index (χ0v) is 15.8. The number of fused-ring (bicyclic) bond motifs is 1. The smallest absolute Gasteiger partial charge is 0.229 e. The molecule has 1 saturated heterocycles. The number of methoxy groups -OCH3 is 1. The lowest BCUT2D eigenvalue weighted by Crippen LogP contribution is -2.51. The van der Waals surface area contributed by atoms with Gasteiger partial charge in [0.2, 0.25) is 5.91 Å². The first kappa shape index (κ1) is 17.4. The van der Waals surface area contributed by atoms with E-state index in [0.29, 0.717) is 6.61 Å². The summed E-state index contributed by atoms with van der Waals surface area (Å²) in [7, 11) is 1.64. The Hall–Kier alpha value is -2.05. The van der Waals surface area contributed by atoms with E-state index >= 15 is 0 Å². The molecule has 138 valence electrons. The molecule has 1 aromatic carbocycles. The van der Waals surface area contributed by atoms with E-state index in [1.165, 1.54) is 5.56 Å². The van der Waals surface area contributed by atoms with Gasteiger partial charge in [0.15, 0.2) is 11.5 Å². The van der Waals surface area contributed by atoms with Crippen molar-refractivity contribution in [2.75, 3.05) is 39.9 Å². The lowest BCUT2D eigenvalue weighted by molar-refractivity contribution is -0.138. The molecule has 26 heavy (non-hydrogen) atoms. The van der Waals surface area contributed by atoms with Crippen LogP contribution in [0.2, 0.25) is 0 Å². The molecule has 0 bridgehead atoms. The Labute approximate surface area is 158 Å². The minimum absolute atomic E-state index is 0.0990. The predicted molar refractivity (Wildman–Crippen MR) is 102 cm³/mol. The molecule has 1 amide bonds. The van der Waals surface area contributed by atoms with Crippen LogP contribution in [0.25, 0.3) is 0 Å². The molecule has 0 aliphatic carbocycles. The monoisotopic (exact) mass is 372 g/mol. The first-order valence-electron chi connectivity index (χ1n) is 9.05. The zero-order chi connectivity index (χ0) is 17.9. The number of carbonyl (C=O) groups excluding carboxylic acids is 1. The Balaban J connectivity index is 1.34. The minimum atomic E-state index is -0.0990. The van der Waals surface area contributed by atoms with Crippen molar-refractivity contribution < 1.29 is 14.3 Å². The summed E-state index contributed by atoms with van der Waals surface area (Å²) in [6, 6.07) is 8.05. The molecule has 0 radical (unpaired) electrons. The Bertz CT molecular complexity index is 754. The van der Waals surface area contributed by atoms with Gasteiger partial charge >= 0.3 is 0 Å². The summed E-state index contributed by atoms with van der Waals surface area (Å²) in [5.74, 6) is 1.65. The first-order chi connectivity index (χ1) is 12.7. The van der Waals surface area contributed by atoms with E-state index in [9.17, 15) is 4.79 Å². The Morgan fingerprint density at radius 2 is 2.12 bits per heavy atom. The molecule has 5 nitrogen and oxygen atoms in total. The van der Waals surface area contributed by atoms with Crippen LogP contribution in [0, 0.1) is 5.92 Å². The van der Waals surface area contributed by atoms with Crippen molar-refractivity contribution in [1.29, 1.82) is 0 Å². The van der Waals surface area contributed by atoms with E-state index < -0.39 is 0 Å². The van der Waals surface area contributed by atoms with Crippen LogP contribution in [0.1, 0.15) is 11.1 Å². The zero-order valence-electron chi connectivity index (χ0n) is 15.0. The lowest BCUT2D eigenvalue weighted by Gasteiger charge is -2.37. The highest BCUT2D eigenvalue weighted by Crippen LogP contribution is 2.36. The molecule has 3 heterocycles. The van der Waals surface area contributed by atoms with Gasteiger partial charge in [-0.1, -0.05) is 12.1 Å². The molecule has 4 rings (SSSR count). The molecule has 0 spiro atoms. The topological polar surface area (TPSA) is 42.0 Å². The summed E-state index contributed by atoms with van der Waals surface area (Å²) in [5.41, 5.74) is 2.42. The highest BCUT2D eigenvalue weighted by molar-refractivity contribution is 7.07. The van der Waals surface area contributed by atoms with Crippen molar-refractivity contribution in [3.05, 3.63) is 46.2 Å². The van der Waals surface area contributed by atoms with Gasteiger partial charge in [0, 0.05) is 32.7 Å². The van der Waals surface area contributed by atoms with Gasteiger partial charge in [-0.3, -0.25) is 9.69 Å². The SMILES string of the molecule is COc1cccc2c1OC[C@H](C(=O)N1CCN(Cc3ccsc3)CC1)C2. The van der Waals surface area contributed by atoms with Crippen molar-refractivity contribution in [1.82, 2.24) is 9.80 Å². The second-order valence-corrected chi connectivity index (χ2v) is 7.67. The quantitative estimate of drug-likeness (QED) is 0.828. The minimum Gasteiger partial charge on any atom is -0.493 e. The average molecular weight is 372 g/mol. The Kier molecular flexibility index (Phi) is 5.13. The molecule has 2 aromatic rings. The van der Waals surface area contributed by atoms with Crippen LogP contribution in [0.4, 0.5) is 0 Å². The molecule has 1 atom stereocenters. The van der Waals surface area contributed by atoms with Gasteiger partial charge in [0.25, 0.3) is 0 Å². The summed E-state index contributed by atoms with van der Waals surface area (Å²) in [4.78, 5) is 17.4. The Morgan fingerprint density at radius 3 is 2.85 bits per heavy atom. The molecule has 6 heteroatoms. The molecular weight excluding hydrogens is 348 g/mol. The van der Waals surface area contributed by atoms with Gasteiger partial charge in [0.05, 0.1) is 13.0 Å². The lowest BCUT2D eigenvalue weighted by atomic mass is 9.95. The van der Waals surface area contributed by atoms with Crippen molar-refractivity contribution >= 4 is 17.2 Å². The van der Waals surface area contributed by atoms with E-state index in [0.717, 1.165) is 56.2 Å². The molecule has 0 unspecified atom stereocenters. The highest BCUT2D eigenvalue weighted by Gasteiger charge is 2.32. The molecule has 2 aliphatic rings. The third-order valence-corrected chi connectivity index (χ3v) is 5.93. The number of benzene rings is 1. The first-order valence-corrected chi connectivity index (χ1v) is 10.00. The summed E-state index contributed by atoms with van der Waals surface area (Å²) < 4.78 is 11.2. The van der Waals surface area contributed by atoms with E-state index in [-0.39, 0.29) is 11.8 Å². The molecule has 1 aromatic heterocycles. The van der Waals surface area contributed by atoms with E-state index in [1.807, 2.05) is 23.1 Å². The number of amides is 1. The van der Waals surface area contributed by atoms with Crippen molar-refractivity contribution in [2.45, 2.75) is 13.0 Å². The summed E-state index contributed by atoms with van der Waals surface area (Å²) in [6.45, 7) is 4.86. The number of carbonyl (C=O) groups is 1. The fourth-order valence-corrected chi connectivity index (χ4v) is 4.40. The number of hydrogen-bond acceptors (Lipinski definition) is 5. The summed E-state index contributed by atoms with van der Waals surface area (Å²) in [6.07, 6.45) is 0.723. The maximum Gasteiger partial charge on any atom is 0.229 e. The van der Waals surface area contributed by atoms with Crippen LogP contribution in [0.3, 0.4) is 0 Å². The fraction of sp³-hybridized carbons (Fsp3) is 0.450. The van der Waals surface area contributed by atoms with Gasteiger partial charge in [-0.05, 0) is 40.4 Å². The second-order valence-electron chi connectivity index (χ2n) is 6.89. The van der Waals surface area contributed by atoms with Crippen LogP contribution in [0.5, 0.6) is 11.5 Å². The van der Waals surface area contributed by atoms with Crippen LogP contribution in [0.15, 0.2) is 35.0 Å². The number of para-hydroxylation sites is 1. The number of hydrogen-bond donors (Lipinski definition) is 0. The number of piperazine rings is 1. The molecule has 1 fully saturated rings. The number of ether oxygens (including phenoxy) is 2. The standard InChI is InChI=1S/C20H24N2O3S/c1-24-18-4-2-3-16-11-17(13-25-19(16)18)20(23)22-8-6-21(7-9-22)12-15-5-10-26-14-15/h2-5,10,14,17H,6-9,11-13H2,1H3/t17-/m1/s1. The summed E-state index contributed by atoms with van der Waals surface area (Å²) >= 11 is 1.74. The van der Waals surface area contributed by atoms with E-state index in [1.54, 1.807) is 18.4 Å². The number of rotatable bonds is 4. The molecule has 0 N–H and O–H groups in total. The normalized spacial score (nSPS) is 20.3. The number of thiophene rings is 1. The van der Waals surface area contributed by atoms with Crippen LogP contribution < -0.4 is 9.47 Å². The van der Waals surface area contributed by atoms with Crippen LogP contribution in [-0.2, 0) is 17.8 Å². The van der Waals surface area contributed by atoms with Gasteiger partial charge in [-0.15, -0.1) is 0 Å². The maximum absolute atomic E-state index is 12.9. The fourth-order valence-electron chi connectivity index (χ4n) is 3.74. The highest BCUT2D eigenvalue weighted by atomic mass is 32.1. The third-order valence-electron chi connectivity index (χ3n) is 5.20. The van der Waals surface area contributed by atoms with Gasteiger partial charge in [-0.25, -0.2) is 0 Å². The number of nitrogens with zero attached hydrogens (tertiary/aromatic N) is 2. The second kappa shape index (κ2) is 7.68. The third kappa shape index (κ3) is 3.57. The van der Waals surface area contributed by atoms with E-state index in [2.05, 4.69) is 21.7 Å². The molecular formula is C20H24N2O3S. The van der Waals surface area contributed by atoms with Crippen LogP contribution in [-0.4, -0.2) is 55.6 Å². The summed E-state index contributed by atoms with van der Waals surface area (Å²) in [5, 5.41) is 4.31.